The molecule has 2 aromatic rings. The summed E-state index contributed by atoms with van der Waals surface area (Å²) in [6.07, 6.45) is 0. The minimum Gasteiger partial charge on any atom is -0.497 e. The first kappa shape index (κ1) is 21.7. The molecule has 0 heterocycles. The van der Waals surface area contributed by atoms with Crippen molar-refractivity contribution in [1.82, 2.24) is 4.90 Å². The number of nitrogens with one attached hydrogen (secondary N) is 1. The average molecular weight is 407 g/mol. The van der Waals surface area contributed by atoms with Crippen molar-refractivity contribution in [1.29, 1.82) is 0 Å². The van der Waals surface area contributed by atoms with Gasteiger partial charge in [0.05, 0.1) is 22.5 Å². The van der Waals surface area contributed by atoms with Crippen LogP contribution in [0.25, 0.3) is 0 Å². The molecule has 2 rings (SSSR count). The molecule has 7 nitrogen and oxygen atoms in total. The van der Waals surface area contributed by atoms with Crippen LogP contribution in [0.15, 0.2) is 46.2 Å². The van der Waals surface area contributed by atoms with E-state index in [4.69, 9.17) is 4.74 Å². The highest BCUT2D eigenvalue weighted by molar-refractivity contribution is 7.91. The number of carboxylic acid groups (broad SMARTS) is 1. The van der Waals surface area contributed by atoms with Crippen LogP contribution in [-0.2, 0) is 16.4 Å². The summed E-state index contributed by atoms with van der Waals surface area (Å²) < 4.78 is 32.0. The van der Waals surface area contributed by atoms with Crippen molar-refractivity contribution < 1.29 is 23.1 Å². The SMILES string of the molecule is CCN(CC)Cc1c(NC)ccc(C(=O)O)c1S(=O)(=O)c1ccc(OC)cc1. The predicted molar refractivity (Wildman–Crippen MR) is 108 cm³/mol. The van der Waals surface area contributed by atoms with E-state index in [-0.39, 0.29) is 15.4 Å². The van der Waals surface area contributed by atoms with E-state index in [0.29, 0.717) is 36.6 Å². The Labute approximate surface area is 165 Å². The van der Waals surface area contributed by atoms with E-state index in [1.54, 1.807) is 25.2 Å². The summed E-state index contributed by atoms with van der Waals surface area (Å²) >= 11 is 0. The molecule has 0 aliphatic carbocycles. The van der Waals surface area contributed by atoms with Crippen molar-refractivity contribution in [3.05, 3.63) is 47.5 Å². The van der Waals surface area contributed by atoms with Crippen LogP contribution in [-0.4, -0.2) is 51.6 Å². The zero-order valence-corrected chi connectivity index (χ0v) is 17.3. The van der Waals surface area contributed by atoms with Crippen molar-refractivity contribution in [2.24, 2.45) is 0 Å². The first-order valence-corrected chi connectivity index (χ1v) is 10.5. The number of methoxy groups -OCH3 is 1. The fraction of sp³-hybridized carbons (Fsp3) is 0.350. The first-order chi connectivity index (χ1) is 13.3. The van der Waals surface area contributed by atoms with Crippen LogP contribution >= 0.6 is 0 Å². The molecule has 0 amide bonds. The Morgan fingerprint density at radius 2 is 1.71 bits per heavy atom. The molecule has 152 valence electrons. The largest absolute Gasteiger partial charge is 0.497 e. The lowest BCUT2D eigenvalue weighted by Gasteiger charge is -2.23. The van der Waals surface area contributed by atoms with Crippen LogP contribution in [0.2, 0.25) is 0 Å². The number of benzene rings is 2. The molecule has 0 fully saturated rings. The smallest absolute Gasteiger partial charge is 0.337 e. The van der Waals surface area contributed by atoms with Gasteiger partial charge in [-0.2, -0.15) is 0 Å². The van der Waals surface area contributed by atoms with E-state index in [2.05, 4.69) is 5.32 Å². The van der Waals surface area contributed by atoms with Gasteiger partial charge in [-0.3, -0.25) is 4.90 Å². The van der Waals surface area contributed by atoms with Gasteiger partial charge in [0, 0.05) is 24.8 Å². The Hall–Kier alpha value is -2.58. The molecule has 0 bridgehead atoms. The number of carboxylic acids is 1. The molecule has 0 unspecified atom stereocenters. The van der Waals surface area contributed by atoms with E-state index in [1.807, 2.05) is 18.7 Å². The zero-order chi connectivity index (χ0) is 20.9. The van der Waals surface area contributed by atoms with E-state index in [9.17, 15) is 18.3 Å². The lowest BCUT2D eigenvalue weighted by Crippen LogP contribution is -2.25. The van der Waals surface area contributed by atoms with Gasteiger partial charge in [0.15, 0.2) is 0 Å². The Bertz CT molecular complexity index is 936. The third-order valence-electron chi connectivity index (χ3n) is 4.67. The Morgan fingerprint density at radius 3 is 2.18 bits per heavy atom. The molecule has 8 heteroatoms. The van der Waals surface area contributed by atoms with Gasteiger partial charge in [0.25, 0.3) is 0 Å². The molecular formula is C20H26N2O5S. The second-order valence-corrected chi connectivity index (χ2v) is 8.05. The Kier molecular flexibility index (Phi) is 7.04. The number of hydrogen-bond acceptors (Lipinski definition) is 6. The minimum absolute atomic E-state index is 0.0184. The second kappa shape index (κ2) is 9.07. The molecule has 2 aromatic carbocycles. The van der Waals surface area contributed by atoms with E-state index in [1.165, 1.54) is 25.3 Å². The number of ether oxygens (including phenoxy) is 1. The molecule has 0 radical (unpaired) electrons. The summed E-state index contributed by atoms with van der Waals surface area (Å²) in [6.45, 7) is 5.68. The molecular weight excluding hydrogens is 380 g/mol. The van der Waals surface area contributed by atoms with E-state index >= 15 is 0 Å². The Balaban J connectivity index is 2.78. The molecule has 0 aromatic heterocycles. The first-order valence-electron chi connectivity index (χ1n) is 8.98. The van der Waals surface area contributed by atoms with Crippen molar-refractivity contribution in [2.75, 3.05) is 32.6 Å². The van der Waals surface area contributed by atoms with Gasteiger partial charge in [-0.25, -0.2) is 13.2 Å². The molecule has 28 heavy (non-hydrogen) atoms. The number of carbonyl (C=O) groups is 1. The van der Waals surface area contributed by atoms with Gasteiger partial charge < -0.3 is 15.2 Å². The van der Waals surface area contributed by atoms with E-state index < -0.39 is 15.8 Å². The quantitative estimate of drug-likeness (QED) is 0.660. The standard InChI is InChI=1S/C20H26N2O5S/c1-5-22(6-2)13-17-18(21-3)12-11-16(20(23)24)19(17)28(25,26)15-9-7-14(27-4)8-10-15/h7-12,21H,5-6,13H2,1-4H3,(H,23,24). The molecule has 0 spiro atoms. The molecule has 0 aliphatic heterocycles. The number of hydrogen-bond donors (Lipinski definition) is 2. The highest BCUT2D eigenvalue weighted by Gasteiger charge is 2.30. The number of aromatic carboxylic acids is 1. The zero-order valence-electron chi connectivity index (χ0n) is 16.5. The van der Waals surface area contributed by atoms with Crippen LogP contribution in [0.5, 0.6) is 5.75 Å². The molecule has 0 atom stereocenters. The monoisotopic (exact) mass is 406 g/mol. The molecule has 2 N–H and O–H groups in total. The van der Waals surface area contributed by atoms with Gasteiger partial charge in [-0.05, 0) is 49.5 Å². The number of rotatable bonds is 9. The fourth-order valence-corrected chi connectivity index (χ4v) is 4.71. The minimum atomic E-state index is -4.07. The summed E-state index contributed by atoms with van der Waals surface area (Å²) in [5.74, 6) is -0.764. The summed E-state index contributed by atoms with van der Waals surface area (Å²) in [5, 5.41) is 12.7. The van der Waals surface area contributed by atoms with Crippen LogP contribution in [0.4, 0.5) is 5.69 Å². The van der Waals surface area contributed by atoms with Gasteiger partial charge in [-0.15, -0.1) is 0 Å². The van der Waals surface area contributed by atoms with E-state index in [0.717, 1.165) is 0 Å². The topological polar surface area (TPSA) is 95.9 Å². The average Bonchev–Trinajstić information content (AvgIpc) is 2.71. The van der Waals surface area contributed by atoms with Crippen LogP contribution in [0.1, 0.15) is 29.8 Å². The maximum Gasteiger partial charge on any atom is 0.337 e. The highest BCUT2D eigenvalue weighted by Crippen LogP contribution is 2.34. The van der Waals surface area contributed by atoms with Crippen molar-refractivity contribution in [2.45, 2.75) is 30.2 Å². The molecule has 0 aliphatic rings. The number of sulfone groups is 1. The van der Waals surface area contributed by atoms with Crippen LogP contribution < -0.4 is 10.1 Å². The summed E-state index contributed by atoms with van der Waals surface area (Å²) in [7, 11) is -0.892. The summed E-state index contributed by atoms with van der Waals surface area (Å²) in [4.78, 5) is 13.7. The maximum absolute atomic E-state index is 13.5. The van der Waals surface area contributed by atoms with Crippen LogP contribution in [0.3, 0.4) is 0 Å². The van der Waals surface area contributed by atoms with Gasteiger partial charge in [-0.1, -0.05) is 13.8 Å². The lowest BCUT2D eigenvalue weighted by molar-refractivity contribution is 0.0692. The molecule has 0 saturated heterocycles. The summed E-state index contributed by atoms with van der Waals surface area (Å²) in [5.41, 5.74) is 0.794. The Morgan fingerprint density at radius 1 is 1.11 bits per heavy atom. The van der Waals surface area contributed by atoms with Crippen LogP contribution in [0, 0.1) is 0 Å². The highest BCUT2D eigenvalue weighted by atomic mass is 32.2. The lowest BCUT2D eigenvalue weighted by atomic mass is 10.1. The van der Waals surface area contributed by atoms with Crippen molar-refractivity contribution in [3.8, 4) is 5.75 Å². The fourth-order valence-electron chi connectivity index (χ4n) is 3.04. The molecule has 0 saturated carbocycles. The van der Waals surface area contributed by atoms with Crippen molar-refractivity contribution in [3.63, 3.8) is 0 Å². The number of anilines is 1. The second-order valence-electron chi connectivity index (χ2n) is 6.16. The number of nitrogens with zero attached hydrogens (tertiary/aromatic N) is 1. The normalized spacial score (nSPS) is 11.5. The predicted octanol–water partition coefficient (Wildman–Crippen LogP) is 3.11. The summed E-state index contributed by atoms with van der Waals surface area (Å²) in [6, 6.07) is 8.87. The van der Waals surface area contributed by atoms with Gasteiger partial charge >= 0.3 is 5.97 Å². The van der Waals surface area contributed by atoms with Gasteiger partial charge in [0.1, 0.15) is 5.75 Å². The van der Waals surface area contributed by atoms with Gasteiger partial charge in [0.2, 0.25) is 9.84 Å². The third kappa shape index (κ3) is 4.28. The third-order valence-corrected chi connectivity index (χ3v) is 6.57. The van der Waals surface area contributed by atoms with Crippen molar-refractivity contribution >= 4 is 21.5 Å². The maximum atomic E-state index is 13.5.